The molecule has 0 atom stereocenters. The van der Waals surface area contributed by atoms with Crippen LogP contribution in [0.1, 0.15) is 31.9 Å². The Balaban J connectivity index is 3.70. The summed E-state index contributed by atoms with van der Waals surface area (Å²) in [4.78, 5) is 0. The zero-order chi connectivity index (χ0) is 10.6. The van der Waals surface area contributed by atoms with Gasteiger partial charge in [0.1, 0.15) is 0 Å². The summed E-state index contributed by atoms with van der Waals surface area (Å²) in [5.41, 5.74) is 2.67. The molecule has 0 aliphatic heterocycles. The lowest BCUT2D eigenvalue weighted by atomic mass is 10.0. The minimum absolute atomic E-state index is 1.31. The summed E-state index contributed by atoms with van der Waals surface area (Å²) in [7, 11) is 0. The summed E-state index contributed by atoms with van der Waals surface area (Å²) >= 11 is 0. The van der Waals surface area contributed by atoms with Crippen LogP contribution in [0.25, 0.3) is 18.2 Å². The number of rotatable bonds is 1. The minimum Gasteiger partial charge on any atom is -0.0870 e. The summed E-state index contributed by atoms with van der Waals surface area (Å²) in [6.07, 6.45) is 8.60. The van der Waals surface area contributed by atoms with E-state index in [1.807, 2.05) is 0 Å². The van der Waals surface area contributed by atoms with E-state index in [0.29, 0.717) is 0 Å². The van der Waals surface area contributed by atoms with Gasteiger partial charge in [-0.3, -0.25) is 0 Å². The second-order valence-electron chi connectivity index (χ2n) is 3.38. The molecule has 0 N–H and O–H groups in total. The Morgan fingerprint density at radius 2 is 1.71 bits per heavy atom. The summed E-state index contributed by atoms with van der Waals surface area (Å²) in [6, 6.07) is 4.36. The zero-order valence-corrected chi connectivity index (χ0v) is 9.46. The van der Waals surface area contributed by atoms with Crippen molar-refractivity contribution in [2.75, 3.05) is 0 Å². The van der Waals surface area contributed by atoms with Crippen molar-refractivity contribution in [2.45, 2.75) is 27.7 Å². The third kappa shape index (κ3) is 1.95. The van der Waals surface area contributed by atoms with Gasteiger partial charge in [0.15, 0.2) is 0 Å². The van der Waals surface area contributed by atoms with Crippen LogP contribution < -0.4 is 10.4 Å². The van der Waals surface area contributed by atoms with Crippen molar-refractivity contribution in [3.63, 3.8) is 0 Å². The molecule has 14 heavy (non-hydrogen) atoms. The van der Waals surface area contributed by atoms with Gasteiger partial charge in [0.2, 0.25) is 0 Å². The van der Waals surface area contributed by atoms with Crippen molar-refractivity contribution in [1.82, 2.24) is 0 Å². The molecular formula is C14H18. The molecule has 0 radical (unpaired) electrons. The van der Waals surface area contributed by atoms with E-state index in [2.05, 4.69) is 64.1 Å². The van der Waals surface area contributed by atoms with Gasteiger partial charge in [0, 0.05) is 0 Å². The first-order valence-corrected chi connectivity index (χ1v) is 5.09. The number of hydrogen-bond acceptors (Lipinski definition) is 0. The Morgan fingerprint density at radius 1 is 1.00 bits per heavy atom. The second kappa shape index (κ2) is 4.80. The highest BCUT2D eigenvalue weighted by molar-refractivity contribution is 5.56. The van der Waals surface area contributed by atoms with E-state index in [-0.39, 0.29) is 0 Å². The molecule has 0 fully saturated rings. The molecule has 0 aliphatic rings. The van der Waals surface area contributed by atoms with Crippen molar-refractivity contribution in [3.05, 3.63) is 39.8 Å². The van der Waals surface area contributed by atoms with E-state index in [1.54, 1.807) is 0 Å². The van der Waals surface area contributed by atoms with Gasteiger partial charge in [-0.25, -0.2) is 0 Å². The van der Waals surface area contributed by atoms with E-state index >= 15 is 0 Å². The third-order valence-corrected chi connectivity index (χ3v) is 2.47. The van der Waals surface area contributed by atoms with Gasteiger partial charge in [-0.05, 0) is 49.3 Å². The van der Waals surface area contributed by atoms with Crippen LogP contribution in [0.4, 0.5) is 0 Å². The maximum absolute atomic E-state index is 2.18. The quantitative estimate of drug-likeness (QED) is 0.632. The van der Waals surface area contributed by atoms with Gasteiger partial charge < -0.3 is 0 Å². The van der Waals surface area contributed by atoms with Gasteiger partial charge in [-0.15, -0.1) is 0 Å². The minimum atomic E-state index is 1.31. The number of aryl methyl sites for hydroxylation is 1. The fourth-order valence-electron chi connectivity index (χ4n) is 1.72. The molecule has 0 heteroatoms. The first-order chi connectivity index (χ1) is 6.74. The lowest BCUT2D eigenvalue weighted by Crippen LogP contribution is -2.27. The van der Waals surface area contributed by atoms with Crippen LogP contribution >= 0.6 is 0 Å². The lowest BCUT2D eigenvalue weighted by Gasteiger charge is -2.02. The molecule has 0 amide bonds. The van der Waals surface area contributed by atoms with Gasteiger partial charge >= 0.3 is 0 Å². The highest BCUT2D eigenvalue weighted by atomic mass is 14.0. The van der Waals surface area contributed by atoms with Gasteiger partial charge in [0.05, 0.1) is 0 Å². The predicted octanol–water partition coefficient (Wildman–Crippen LogP) is 2.63. The highest BCUT2D eigenvalue weighted by Crippen LogP contribution is 2.01. The molecule has 0 nitrogen and oxygen atoms in total. The fraction of sp³-hybridized carbons (Fsp3) is 0.286. The molecule has 1 rings (SSSR count). The number of hydrogen-bond donors (Lipinski definition) is 0. The van der Waals surface area contributed by atoms with Gasteiger partial charge in [-0.1, -0.05) is 36.4 Å². The molecule has 1 aromatic rings. The van der Waals surface area contributed by atoms with E-state index in [1.165, 1.54) is 21.6 Å². The molecule has 0 heterocycles. The molecule has 0 unspecified atom stereocenters. The summed E-state index contributed by atoms with van der Waals surface area (Å²) < 4.78 is 0. The Kier molecular flexibility index (Phi) is 3.70. The molecule has 1 aromatic carbocycles. The van der Waals surface area contributed by atoms with E-state index in [4.69, 9.17) is 0 Å². The zero-order valence-electron chi connectivity index (χ0n) is 9.46. The molecular weight excluding hydrogens is 168 g/mol. The first kappa shape index (κ1) is 10.8. The Labute approximate surface area is 86.3 Å². The summed E-state index contributed by atoms with van der Waals surface area (Å²) in [5, 5.41) is 2.65. The molecule has 0 aromatic heterocycles. The van der Waals surface area contributed by atoms with Gasteiger partial charge in [-0.2, -0.15) is 0 Å². The Hall–Kier alpha value is -1.30. The van der Waals surface area contributed by atoms with Crippen LogP contribution in [0, 0.1) is 6.92 Å². The van der Waals surface area contributed by atoms with Crippen molar-refractivity contribution in [1.29, 1.82) is 0 Å². The van der Waals surface area contributed by atoms with Crippen molar-refractivity contribution >= 4 is 18.2 Å². The molecule has 0 aliphatic carbocycles. The van der Waals surface area contributed by atoms with Crippen LogP contribution in [-0.4, -0.2) is 0 Å². The SMILES string of the molecule is C/C=C\c1c(C)ccc(=C/C)/c1=C\C. The number of benzene rings is 1. The van der Waals surface area contributed by atoms with Crippen molar-refractivity contribution in [2.24, 2.45) is 0 Å². The van der Waals surface area contributed by atoms with Crippen LogP contribution in [0.5, 0.6) is 0 Å². The van der Waals surface area contributed by atoms with Crippen LogP contribution in [0.3, 0.4) is 0 Å². The maximum Gasteiger partial charge on any atom is -0.0155 e. The normalized spacial score (nSPS) is 14.3. The number of allylic oxidation sites excluding steroid dienone is 1. The molecule has 0 spiro atoms. The first-order valence-electron chi connectivity index (χ1n) is 5.09. The summed E-state index contributed by atoms with van der Waals surface area (Å²) in [5.74, 6) is 0. The maximum atomic E-state index is 2.18. The van der Waals surface area contributed by atoms with Crippen LogP contribution in [0.15, 0.2) is 18.2 Å². The van der Waals surface area contributed by atoms with Crippen molar-refractivity contribution in [3.8, 4) is 0 Å². The predicted molar refractivity (Wildman–Crippen MR) is 65.4 cm³/mol. The van der Waals surface area contributed by atoms with E-state index in [9.17, 15) is 0 Å². The molecule has 0 saturated carbocycles. The second-order valence-corrected chi connectivity index (χ2v) is 3.38. The topological polar surface area (TPSA) is 0 Å². The standard InChI is InChI=1S/C14H18/c1-5-8-14-11(4)9-10-12(6-2)13(14)7-3/h5-10H,1-4H3/b8-5-,12-6-,13-7+. The average Bonchev–Trinajstić information content (AvgIpc) is 2.21. The monoisotopic (exact) mass is 186 g/mol. The smallest absolute Gasteiger partial charge is 0.0155 e. The molecule has 0 bridgehead atoms. The fourth-order valence-corrected chi connectivity index (χ4v) is 1.72. The molecule has 0 saturated heterocycles. The highest BCUT2D eigenvalue weighted by Gasteiger charge is 1.95. The van der Waals surface area contributed by atoms with E-state index < -0.39 is 0 Å². The van der Waals surface area contributed by atoms with Gasteiger partial charge in [0.25, 0.3) is 0 Å². The molecule has 74 valence electrons. The van der Waals surface area contributed by atoms with E-state index in [0.717, 1.165) is 0 Å². The van der Waals surface area contributed by atoms with Crippen molar-refractivity contribution < 1.29 is 0 Å². The Bertz CT molecular complexity index is 448. The largest absolute Gasteiger partial charge is 0.0870 e. The lowest BCUT2D eigenvalue weighted by molar-refractivity contribution is 1.36. The average molecular weight is 186 g/mol. The van der Waals surface area contributed by atoms with Crippen LogP contribution in [-0.2, 0) is 0 Å². The third-order valence-electron chi connectivity index (χ3n) is 2.47. The summed E-state index contributed by atoms with van der Waals surface area (Å²) in [6.45, 7) is 8.38. The Morgan fingerprint density at radius 3 is 2.21 bits per heavy atom. The van der Waals surface area contributed by atoms with Crippen LogP contribution in [0.2, 0.25) is 0 Å².